The Bertz CT molecular complexity index is 1450. The Hall–Kier alpha value is -4.92. The average molecular weight is 510 g/mol. The maximum absolute atomic E-state index is 15.0. The van der Waals surface area contributed by atoms with E-state index >= 15 is 0 Å². The quantitative estimate of drug-likeness (QED) is 0.242. The molecule has 3 rings (SSSR count). The molecule has 0 atom stereocenters. The van der Waals surface area contributed by atoms with E-state index in [1.54, 1.807) is 42.3 Å². The summed E-state index contributed by atoms with van der Waals surface area (Å²) in [7, 11) is 5.61. The Labute approximate surface area is 222 Å². The van der Waals surface area contributed by atoms with Crippen LogP contribution < -0.4 is 10.6 Å². The second-order valence-electron chi connectivity index (χ2n) is 8.80. The van der Waals surface area contributed by atoms with Crippen LogP contribution in [-0.4, -0.2) is 61.7 Å². The number of nitrogens with one attached hydrogen (secondary N) is 3. The van der Waals surface area contributed by atoms with Crippen LogP contribution in [0.25, 0.3) is 0 Å². The summed E-state index contributed by atoms with van der Waals surface area (Å²) >= 11 is 0. The highest BCUT2D eigenvalue weighted by atomic mass is 19.1. The lowest BCUT2D eigenvalue weighted by molar-refractivity contribution is 0.102. The molecule has 8 heteroatoms. The second kappa shape index (κ2) is 12.4. The number of carbonyl (C=O) groups excluding carboxylic acids is 2. The molecule has 0 aromatic heterocycles. The van der Waals surface area contributed by atoms with Crippen LogP contribution in [0.5, 0.6) is 0 Å². The zero-order valence-electron chi connectivity index (χ0n) is 21.4. The number of halogens is 1. The minimum atomic E-state index is -0.786. The SMILES string of the molecule is C#Cc1ccc(NC(=O)c2cc(C#C)ccc2NC(=O)c2ccc(C(=N)N(C)CCN(C)C)cc2F)cc1. The summed E-state index contributed by atoms with van der Waals surface area (Å²) < 4.78 is 15.0. The van der Waals surface area contributed by atoms with Crippen LogP contribution in [0.3, 0.4) is 0 Å². The molecule has 0 radical (unpaired) electrons. The zero-order chi connectivity index (χ0) is 27.8. The van der Waals surface area contributed by atoms with Gasteiger partial charge in [0, 0.05) is 42.5 Å². The molecule has 0 aliphatic heterocycles. The van der Waals surface area contributed by atoms with E-state index in [4.69, 9.17) is 18.3 Å². The predicted octanol–water partition coefficient (Wildman–Crippen LogP) is 4.11. The highest BCUT2D eigenvalue weighted by molar-refractivity contribution is 6.13. The number of rotatable bonds is 8. The fourth-order valence-corrected chi connectivity index (χ4v) is 3.50. The van der Waals surface area contributed by atoms with Gasteiger partial charge in [0.2, 0.25) is 0 Å². The van der Waals surface area contributed by atoms with Crippen LogP contribution >= 0.6 is 0 Å². The monoisotopic (exact) mass is 509 g/mol. The van der Waals surface area contributed by atoms with E-state index in [9.17, 15) is 14.0 Å². The molecule has 0 aliphatic carbocycles. The first-order valence-electron chi connectivity index (χ1n) is 11.7. The molecule has 3 aromatic carbocycles. The van der Waals surface area contributed by atoms with Gasteiger partial charge in [-0.1, -0.05) is 17.9 Å². The van der Waals surface area contributed by atoms with E-state index in [2.05, 4.69) is 22.5 Å². The third kappa shape index (κ3) is 6.85. The number of nitrogens with zero attached hydrogens (tertiary/aromatic N) is 2. The van der Waals surface area contributed by atoms with Gasteiger partial charge in [-0.05, 0) is 68.7 Å². The van der Waals surface area contributed by atoms with E-state index in [0.717, 1.165) is 12.6 Å². The van der Waals surface area contributed by atoms with Crippen LogP contribution in [-0.2, 0) is 0 Å². The van der Waals surface area contributed by atoms with E-state index in [1.165, 1.54) is 24.3 Å². The molecule has 0 saturated carbocycles. The largest absolute Gasteiger partial charge is 0.358 e. The minimum absolute atomic E-state index is 0.108. The molecule has 0 unspecified atom stereocenters. The fourth-order valence-electron chi connectivity index (χ4n) is 3.50. The van der Waals surface area contributed by atoms with Crippen LogP contribution in [0.1, 0.15) is 37.4 Å². The summed E-state index contributed by atoms with van der Waals surface area (Å²) in [6.45, 7) is 1.31. The van der Waals surface area contributed by atoms with Gasteiger partial charge in [0.1, 0.15) is 11.7 Å². The van der Waals surface area contributed by atoms with E-state index in [1.807, 2.05) is 19.0 Å². The van der Waals surface area contributed by atoms with Crippen molar-refractivity contribution in [3.05, 3.63) is 94.3 Å². The minimum Gasteiger partial charge on any atom is -0.358 e. The smallest absolute Gasteiger partial charge is 0.258 e. The van der Waals surface area contributed by atoms with Gasteiger partial charge in [-0.2, -0.15) is 0 Å². The summed E-state index contributed by atoms with van der Waals surface area (Å²) in [5.74, 6) is 3.05. The van der Waals surface area contributed by atoms with Gasteiger partial charge in [-0.15, -0.1) is 12.8 Å². The molecule has 0 fully saturated rings. The van der Waals surface area contributed by atoms with Gasteiger partial charge in [0.25, 0.3) is 11.8 Å². The van der Waals surface area contributed by atoms with Gasteiger partial charge in [-0.3, -0.25) is 15.0 Å². The second-order valence-corrected chi connectivity index (χ2v) is 8.80. The van der Waals surface area contributed by atoms with Crippen molar-refractivity contribution in [2.24, 2.45) is 0 Å². The van der Waals surface area contributed by atoms with Crippen LogP contribution in [0.15, 0.2) is 60.7 Å². The predicted molar refractivity (Wildman–Crippen MR) is 149 cm³/mol. The molecule has 0 saturated heterocycles. The molecule has 3 aromatic rings. The Balaban J connectivity index is 1.81. The van der Waals surface area contributed by atoms with Crippen molar-refractivity contribution in [2.75, 3.05) is 44.9 Å². The molecule has 7 nitrogen and oxygen atoms in total. The van der Waals surface area contributed by atoms with Gasteiger partial charge in [-0.25, -0.2) is 4.39 Å². The van der Waals surface area contributed by atoms with Crippen molar-refractivity contribution < 1.29 is 14.0 Å². The third-order valence-corrected chi connectivity index (χ3v) is 5.74. The standard InChI is InChI=1S/C30H28FN5O2/c1-6-20-8-12-23(13-9-20)33-30(38)25-18-21(7-2)10-15-27(25)34-29(37)24-14-11-22(19-26(24)31)28(32)36(5)17-16-35(3)4/h1-2,8-15,18-19,32H,16-17H2,3-5H3,(H,33,38)(H,34,37). The Kier molecular flexibility index (Phi) is 8.99. The Morgan fingerprint density at radius 2 is 1.47 bits per heavy atom. The maximum Gasteiger partial charge on any atom is 0.258 e. The Morgan fingerprint density at radius 3 is 2.08 bits per heavy atom. The van der Waals surface area contributed by atoms with Crippen molar-refractivity contribution in [3.8, 4) is 24.7 Å². The van der Waals surface area contributed by atoms with Crippen LogP contribution in [0.4, 0.5) is 15.8 Å². The van der Waals surface area contributed by atoms with Gasteiger partial charge in [0.15, 0.2) is 0 Å². The molecule has 2 amide bonds. The number of hydrogen-bond donors (Lipinski definition) is 3. The van der Waals surface area contributed by atoms with E-state index in [0.29, 0.717) is 28.9 Å². The fraction of sp³-hybridized carbons (Fsp3) is 0.167. The van der Waals surface area contributed by atoms with Crippen LogP contribution in [0, 0.1) is 35.9 Å². The number of amidine groups is 1. The molecular formula is C30H28FN5O2. The van der Waals surface area contributed by atoms with Crippen molar-refractivity contribution in [1.82, 2.24) is 9.80 Å². The summed E-state index contributed by atoms with van der Waals surface area (Å²) in [6, 6.07) is 15.2. The lowest BCUT2D eigenvalue weighted by Gasteiger charge is -2.22. The molecule has 0 heterocycles. The molecular weight excluding hydrogens is 481 g/mol. The van der Waals surface area contributed by atoms with E-state index < -0.39 is 17.6 Å². The molecule has 0 spiro atoms. The lowest BCUT2D eigenvalue weighted by Crippen LogP contribution is -2.33. The van der Waals surface area contributed by atoms with Gasteiger partial charge >= 0.3 is 0 Å². The summed E-state index contributed by atoms with van der Waals surface area (Å²) in [6.07, 6.45) is 10.9. The number of benzene rings is 3. The van der Waals surface area contributed by atoms with Crippen molar-refractivity contribution >= 4 is 29.0 Å². The Morgan fingerprint density at radius 1 is 0.842 bits per heavy atom. The topological polar surface area (TPSA) is 88.5 Å². The summed E-state index contributed by atoms with van der Waals surface area (Å²) in [4.78, 5) is 29.7. The lowest BCUT2D eigenvalue weighted by atomic mass is 10.1. The number of carbonyl (C=O) groups is 2. The number of likely N-dealkylation sites (N-methyl/N-ethyl adjacent to an activating group) is 2. The maximum atomic E-state index is 15.0. The first kappa shape index (κ1) is 27.7. The third-order valence-electron chi connectivity index (χ3n) is 5.74. The number of anilines is 2. The molecule has 192 valence electrons. The number of amides is 2. The highest BCUT2D eigenvalue weighted by Gasteiger charge is 2.19. The first-order valence-corrected chi connectivity index (χ1v) is 11.7. The van der Waals surface area contributed by atoms with Crippen molar-refractivity contribution in [3.63, 3.8) is 0 Å². The van der Waals surface area contributed by atoms with Crippen molar-refractivity contribution in [1.29, 1.82) is 5.41 Å². The molecule has 38 heavy (non-hydrogen) atoms. The zero-order valence-corrected chi connectivity index (χ0v) is 21.4. The molecule has 3 N–H and O–H groups in total. The number of hydrogen-bond acceptors (Lipinski definition) is 4. The summed E-state index contributed by atoms with van der Waals surface area (Å²) in [5, 5.41) is 13.7. The first-order chi connectivity index (χ1) is 18.1. The van der Waals surface area contributed by atoms with Crippen molar-refractivity contribution in [2.45, 2.75) is 0 Å². The normalized spacial score (nSPS) is 10.3. The molecule has 0 bridgehead atoms. The summed E-state index contributed by atoms with van der Waals surface area (Å²) in [5.41, 5.74) is 1.97. The van der Waals surface area contributed by atoms with Crippen LogP contribution in [0.2, 0.25) is 0 Å². The molecule has 0 aliphatic rings. The average Bonchev–Trinajstić information content (AvgIpc) is 2.91. The van der Waals surface area contributed by atoms with E-state index in [-0.39, 0.29) is 22.6 Å². The van der Waals surface area contributed by atoms with Gasteiger partial charge in [0.05, 0.1) is 16.8 Å². The highest BCUT2D eigenvalue weighted by Crippen LogP contribution is 2.22. The number of terminal acetylenes is 2. The van der Waals surface area contributed by atoms with Gasteiger partial charge < -0.3 is 20.4 Å².